The Bertz CT molecular complexity index is 903. The molecule has 0 radical (unpaired) electrons. The van der Waals surface area contributed by atoms with Crippen molar-refractivity contribution in [1.82, 2.24) is 19.8 Å². The zero-order valence-electron chi connectivity index (χ0n) is 15.8. The lowest BCUT2D eigenvalue weighted by Gasteiger charge is -2.37. The highest BCUT2D eigenvalue weighted by Gasteiger charge is 2.34. The Hall–Kier alpha value is -1.58. The average molecular weight is 423 g/mol. The summed E-state index contributed by atoms with van der Waals surface area (Å²) in [7, 11) is -2.85. The first-order chi connectivity index (χ1) is 13.5. The average Bonchev–Trinajstić information content (AvgIpc) is 3.27. The Morgan fingerprint density at radius 2 is 2.00 bits per heavy atom. The van der Waals surface area contributed by atoms with Gasteiger partial charge in [0.1, 0.15) is 0 Å². The smallest absolute Gasteiger partial charge is 0.222 e. The van der Waals surface area contributed by atoms with Crippen molar-refractivity contribution in [3.8, 4) is 0 Å². The molecule has 152 valence electrons. The number of benzene rings is 1. The number of aromatic nitrogens is 2. The second kappa shape index (κ2) is 8.42. The summed E-state index contributed by atoms with van der Waals surface area (Å²) in [5.41, 5.74) is 2.00. The van der Waals surface area contributed by atoms with Crippen molar-refractivity contribution >= 4 is 38.5 Å². The van der Waals surface area contributed by atoms with E-state index in [0.717, 1.165) is 47.9 Å². The highest BCUT2D eigenvalue weighted by molar-refractivity contribution is 7.99. The molecule has 2 saturated heterocycles. The Morgan fingerprint density at radius 1 is 1.21 bits per heavy atom. The molecule has 0 bridgehead atoms. The number of hydrogen-bond acceptors (Lipinski definition) is 6. The summed E-state index contributed by atoms with van der Waals surface area (Å²) in [4.78, 5) is 24.5. The minimum Gasteiger partial charge on any atom is -0.340 e. The van der Waals surface area contributed by atoms with Crippen LogP contribution < -0.4 is 0 Å². The Morgan fingerprint density at radius 3 is 2.71 bits per heavy atom. The van der Waals surface area contributed by atoms with Crippen molar-refractivity contribution in [2.24, 2.45) is 0 Å². The number of aromatic amines is 1. The van der Waals surface area contributed by atoms with E-state index in [1.165, 1.54) is 0 Å². The number of carbonyl (C=O) groups excluding carboxylic acids is 1. The number of H-pyrrole nitrogens is 1. The number of sulfone groups is 1. The van der Waals surface area contributed by atoms with Crippen LogP contribution in [0.25, 0.3) is 11.0 Å². The summed E-state index contributed by atoms with van der Waals surface area (Å²) in [6.45, 7) is 2.96. The largest absolute Gasteiger partial charge is 0.340 e. The maximum Gasteiger partial charge on any atom is 0.222 e. The van der Waals surface area contributed by atoms with Crippen LogP contribution >= 0.6 is 11.8 Å². The maximum absolute atomic E-state index is 12.5. The molecule has 0 spiro atoms. The van der Waals surface area contributed by atoms with E-state index in [-0.39, 0.29) is 17.7 Å². The van der Waals surface area contributed by atoms with E-state index in [1.54, 1.807) is 11.8 Å². The quantitative estimate of drug-likeness (QED) is 0.564. The van der Waals surface area contributed by atoms with E-state index in [4.69, 9.17) is 0 Å². The maximum atomic E-state index is 12.5. The zero-order chi connectivity index (χ0) is 19.6. The zero-order valence-corrected chi connectivity index (χ0v) is 17.5. The third-order valence-corrected chi connectivity index (χ3v) is 8.24. The van der Waals surface area contributed by atoms with Gasteiger partial charge in [0.2, 0.25) is 5.91 Å². The van der Waals surface area contributed by atoms with E-state index < -0.39 is 9.84 Å². The van der Waals surface area contributed by atoms with Gasteiger partial charge in [0, 0.05) is 44.4 Å². The summed E-state index contributed by atoms with van der Waals surface area (Å²) in [6.07, 6.45) is 2.10. The molecule has 2 aromatic rings. The van der Waals surface area contributed by atoms with Crippen LogP contribution in [0.4, 0.5) is 0 Å². The number of piperazine rings is 1. The van der Waals surface area contributed by atoms with Crippen molar-refractivity contribution in [2.75, 3.05) is 43.4 Å². The van der Waals surface area contributed by atoms with E-state index in [1.807, 2.05) is 29.2 Å². The van der Waals surface area contributed by atoms with E-state index in [2.05, 4.69) is 14.9 Å². The number of para-hydroxylation sites is 2. The van der Waals surface area contributed by atoms with Gasteiger partial charge in [0.05, 0.1) is 22.5 Å². The predicted molar refractivity (Wildman–Crippen MR) is 111 cm³/mol. The molecular formula is C19H26N4O3S2. The molecule has 1 aromatic heterocycles. The number of carbonyl (C=O) groups is 1. The molecule has 2 aliphatic rings. The van der Waals surface area contributed by atoms with Gasteiger partial charge in [0.15, 0.2) is 15.0 Å². The Labute approximate surface area is 169 Å². The molecule has 4 rings (SSSR count). The number of fused-ring (bicyclic) bond motifs is 1. The van der Waals surface area contributed by atoms with Crippen molar-refractivity contribution in [1.29, 1.82) is 0 Å². The number of amides is 1. The van der Waals surface area contributed by atoms with Gasteiger partial charge in [-0.05, 0) is 25.0 Å². The fourth-order valence-corrected chi connectivity index (χ4v) is 6.54. The normalized spacial score (nSPS) is 22.7. The lowest BCUT2D eigenvalue weighted by Crippen LogP contribution is -2.52. The molecule has 1 amide bonds. The number of thioether (sulfide) groups is 1. The lowest BCUT2D eigenvalue weighted by molar-refractivity contribution is -0.133. The number of nitrogens with one attached hydrogen (secondary N) is 1. The van der Waals surface area contributed by atoms with Crippen LogP contribution in [-0.4, -0.2) is 83.6 Å². The van der Waals surface area contributed by atoms with Crippen molar-refractivity contribution in [2.45, 2.75) is 30.5 Å². The van der Waals surface area contributed by atoms with Crippen LogP contribution in [0.5, 0.6) is 0 Å². The predicted octanol–water partition coefficient (Wildman–Crippen LogP) is 1.77. The first-order valence-corrected chi connectivity index (χ1v) is 12.6. The number of imidazole rings is 1. The first-order valence-electron chi connectivity index (χ1n) is 9.80. The summed E-state index contributed by atoms with van der Waals surface area (Å²) < 4.78 is 23.3. The Kier molecular flexibility index (Phi) is 5.93. The molecule has 1 unspecified atom stereocenters. The van der Waals surface area contributed by atoms with Gasteiger partial charge >= 0.3 is 0 Å². The SMILES string of the molecule is O=C(CCCSc1nc2ccccc2[nH]1)N1CCN(C2CCS(=O)(=O)C2)CC1. The molecule has 1 atom stereocenters. The number of nitrogens with zero attached hydrogens (tertiary/aromatic N) is 3. The lowest BCUT2D eigenvalue weighted by atomic mass is 10.2. The van der Waals surface area contributed by atoms with E-state index in [0.29, 0.717) is 25.3 Å². The topological polar surface area (TPSA) is 86.4 Å². The van der Waals surface area contributed by atoms with Crippen LogP contribution in [-0.2, 0) is 14.6 Å². The van der Waals surface area contributed by atoms with Crippen molar-refractivity contribution in [3.05, 3.63) is 24.3 Å². The van der Waals surface area contributed by atoms with Gasteiger partial charge in [-0.25, -0.2) is 13.4 Å². The molecule has 0 aliphatic carbocycles. The molecule has 9 heteroatoms. The highest BCUT2D eigenvalue weighted by Crippen LogP contribution is 2.21. The molecule has 0 saturated carbocycles. The number of rotatable bonds is 6. The van der Waals surface area contributed by atoms with Gasteiger partial charge in [0.25, 0.3) is 0 Å². The monoisotopic (exact) mass is 422 g/mol. The summed E-state index contributed by atoms with van der Waals surface area (Å²) in [6, 6.07) is 8.10. The second-order valence-electron chi connectivity index (χ2n) is 7.48. The Balaban J connectivity index is 1.17. The van der Waals surface area contributed by atoms with Crippen molar-refractivity contribution < 1.29 is 13.2 Å². The first kappa shape index (κ1) is 19.7. The van der Waals surface area contributed by atoms with Crippen LogP contribution in [0.1, 0.15) is 19.3 Å². The fraction of sp³-hybridized carbons (Fsp3) is 0.579. The molecular weight excluding hydrogens is 396 g/mol. The molecule has 1 N–H and O–H groups in total. The van der Waals surface area contributed by atoms with Crippen LogP contribution in [0.2, 0.25) is 0 Å². The van der Waals surface area contributed by atoms with Gasteiger partial charge in [-0.2, -0.15) is 0 Å². The van der Waals surface area contributed by atoms with Gasteiger partial charge in [-0.15, -0.1) is 0 Å². The van der Waals surface area contributed by atoms with Gasteiger partial charge in [-0.1, -0.05) is 23.9 Å². The van der Waals surface area contributed by atoms with Crippen LogP contribution in [0.15, 0.2) is 29.4 Å². The van der Waals surface area contributed by atoms with Gasteiger partial charge < -0.3 is 9.88 Å². The third kappa shape index (κ3) is 4.69. The van der Waals surface area contributed by atoms with Crippen LogP contribution in [0, 0.1) is 0 Å². The van der Waals surface area contributed by atoms with E-state index >= 15 is 0 Å². The summed E-state index contributed by atoms with van der Waals surface area (Å²) >= 11 is 1.65. The molecule has 2 fully saturated rings. The standard InChI is InChI=1S/C19H26N4O3S2/c24-18(6-3-12-27-19-20-16-4-1-2-5-17(16)21-19)23-10-8-22(9-11-23)15-7-13-28(25,26)14-15/h1-2,4-5,15H,3,6-14H2,(H,20,21). The second-order valence-corrected chi connectivity index (χ2v) is 10.8. The highest BCUT2D eigenvalue weighted by atomic mass is 32.2. The van der Waals surface area contributed by atoms with E-state index in [9.17, 15) is 13.2 Å². The summed E-state index contributed by atoms with van der Waals surface area (Å²) in [5.74, 6) is 1.63. The summed E-state index contributed by atoms with van der Waals surface area (Å²) in [5, 5.41) is 0.897. The molecule has 7 nitrogen and oxygen atoms in total. The number of hydrogen-bond donors (Lipinski definition) is 1. The van der Waals surface area contributed by atoms with Crippen LogP contribution in [0.3, 0.4) is 0 Å². The molecule has 2 aliphatic heterocycles. The minimum atomic E-state index is -2.85. The van der Waals surface area contributed by atoms with Gasteiger partial charge in [-0.3, -0.25) is 9.69 Å². The molecule has 3 heterocycles. The minimum absolute atomic E-state index is 0.141. The molecule has 28 heavy (non-hydrogen) atoms. The fourth-order valence-electron chi connectivity index (χ4n) is 3.95. The molecule has 1 aromatic carbocycles. The third-order valence-electron chi connectivity index (χ3n) is 5.53. The van der Waals surface area contributed by atoms with Crippen molar-refractivity contribution in [3.63, 3.8) is 0 Å².